The van der Waals surface area contributed by atoms with Crippen LogP contribution < -0.4 is 5.32 Å². The summed E-state index contributed by atoms with van der Waals surface area (Å²) in [6.07, 6.45) is -3.41. The molecule has 1 aliphatic rings. The van der Waals surface area contributed by atoms with Gasteiger partial charge in [0.2, 0.25) is 0 Å². The van der Waals surface area contributed by atoms with E-state index in [1.54, 1.807) is 22.6 Å². The molecule has 5 nitrogen and oxygen atoms in total. The molecule has 0 atom stereocenters. The number of anilines is 1. The van der Waals surface area contributed by atoms with Crippen molar-refractivity contribution in [3.63, 3.8) is 0 Å². The van der Waals surface area contributed by atoms with Crippen molar-refractivity contribution in [1.82, 2.24) is 4.90 Å². The van der Waals surface area contributed by atoms with Gasteiger partial charge in [-0.15, -0.1) is 0 Å². The Morgan fingerprint density at radius 1 is 1.27 bits per heavy atom. The van der Waals surface area contributed by atoms with Gasteiger partial charge in [-0.2, -0.15) is 13.2 Å². The zero-order valence-electron chi connectivity index (χ0n) is 10.9. The number of rotatable bonds is 4. The van der Waals surface area contributed by atoms with E-state index in [9.17, 15) is 22.8 Å². The molecular weight excluding hydrogens is 416 g/mol. The van der Waals surface area contributed by atoms with Gasteiger partial charge >= 0.3 is 6.18 Å². The molecule has 0 radical (unpaired) electrons. The molecule has 0 fully saturated rings. The number of aliphatic hydroxyl groups is 1. The molecule has 2 amide bonds. The van der Waals surface area contributed by atoms with E-state index < -0.39 is 23.6 Å². The van der Waals surface area contributed by atoms with Crippen molar-refractivity contribution in [3.8, 4) is 0 Å². The van der Waals surface area contributed by atoms with Crippen LogP contribution in [-0.2, 0) is 15.8 Å². The second-order valence-electron chi connectivity index (χ2n) is 4.39. The van der Waals surface area contributed by atoms with E-state index >= 15 is 0 Å². The molecule has 0 aromatic heterocycles. The number of nitrogens with zero attached hydrogens (tertiary/aromatic N) is 1. The summed E-state index contributed by atoms with van der Waals surface area (Å²) < 4.78 is 38.0. The van der Waals surface area contributed by atoms with E-state index in [1.807, 2.05) is 0 Å². The van der Waals surface area contributed by atoms with Gasteiger partial charge in [0.1, 0.15) is 5.70 Å². The summed E-state index contributed by atoms with van der Waals surface area (Å²) >= 11 is 1.55. The Kier molecular flexibility index (Phi) is 4.75. The van der Waals surface area contributed by atoms with Gasteiger partial charge in [0.05, 0.1) is 18.7 Å². The first-order valence-corrected chi connectivity index (χ1v) is 7.14. The summed E-state index contributed by atoms with van der Waals surface area (Å²) in [7, 11) is 0. The van der Waals surface area contributed by atoms with Crippen molar-refractivity contribution in [2.75, 3.05) is 18.5 Å². The predicted molar refractivity (Wildman–Crippen MR) is 79.7 cm³/mol. The van der Waals surface area contributed by atoms with Crippen molar-refractivity contribution in [3.05, 3.63) is 39.1 Å². The number of imide groups is 1. The van der Waals surface area contributed by atoms with Crippen molar-refractivity contribution >= 4 is 40.1 Å². The Bertz CT molecular complexity index is 658. The zero-order valence-corrected chi connectivity index (χ0v) is 13.1. The molecule has 0 aliphatic carbocycles. The highest BCUT2D eigenvalue weighted by molar-refractivity contribution is 14.1. The van der Waals surface area contributed by atoms with Gasteiger partial charge in [-0.05, 0) is 40.8 Å². The third-order valence-electron chi connectivity index (χ3n) is 2.89. The Hall–Kier alpha value is -1.62. The summed E-state index contributed by atoms with van der Waals surface area (Å²) in [4.78, 5) is 24.3. The maximum Gasteiger partial charge on any atom is 0.417 e. The Morgan fingerprint density at radius 3 is 2.50 bits per heavy atom. The van der Waals surface area contributed by atoms with Gasteiger partial charge < -0.3 is 10.4 Å². The van der Waals surface area contributed by atoms with Crippen LogP contribution in [0.3, 0.4) is 0 Å². The van der Waals surface area contributed by atoms with Crippen LogP contribution in [0, 0.1) is 3.57 Å². The predicted octanol–water partition coefficient (Wildman–Crippen LogP) is 1.97. The minimum atomic E-state index is -4.45. The number of hydrogen-bond acceptors (Lipinski definition) is 4. The van der Waals surface area contributed by atoms with Crippen LogP contribution in [0.5, 0.6) is 0 Å². The zero-order chi connectivity index (χ0) is 16.5. The maximum atomic E-state index is 12.7. The standard InChI is InChI=1S/C13H10F3IN2O3/c14-13(15,16)8-2-1-7(5-9(8)17)18-10-6-11(21)19(3-4-20)12(10)22/h1-2,5-6,18,20H,3-4H2. The van der Waals surface area contributed by atoms with Crippen LogP contribution in [0.25, 0.3) is 0 Å². The van der Waals surface area contributed by atoms with Gasteiger partial charge in [-0.1, -0.05) is 0 Å². The van der Waals surface area contributed by atoms with Gasteiger partial charge in [0.25, 0.3) is 11.8 Å². The third-order valence-corrected chi connectivity index (χ3v) is 3.78. The lowest BCUT2D eigenvalue weighted by molar-refractivity contribution is -0.139. The number of β-amino-alcohol motifs (C(OH)–C–C–N with tert-alkyl or cyclic N) is 1. The Balaban J connectivity index is 2.19. The van der Waals surface area contributed by atoms with E-state index in [-0.39, 0.29) is 28.1 Å². The third kappa shape index (κ3) is 3.40. The fraction of sp³-hybridized carbons (Fsp3) is 0.231. The topological polar surface area (TPSA) is 69.6 Å². The highest BCUT2D eigenvalue weighted by Gasteiger charge is 2.33. The number of halogens is 4. The molecule has 0 spiro atoms. The molecule has 0 bridgehead atoms. The van der Waals surface area contributed by atoms with Crippen molar-refractivity contribution in [2.24, 2.45) is 0 Å². The van der Waals surface area contributed by atoms with Crippen LogP contribution in [0.2, 0.25) is 0 Å². The summed E-state index contributed by atoms with van der Waals surface area (Å²) in [5.41, 5.74) is -0.562. The van der Waals surface area contributed by atoms with Gasteiger partial charge in [0.15, 0.2) is 0 Å². The molecule has 2 rings (SSSR count). The van der Waals surface area contributed by atoms with E-state index in [1.165, 1.54) is 12.1 Å². The number of nitrogens with one attached hydrogen (secondary N) is 1. The second kappa shape index (κ2) is 6.24. The van der Waals surface area contributed by atoms with E-state index in [0.717, 1.165) is 17.0 Å². The SMILES string of the molecule is O=C1C=C(Nc2ccc(C(F)(F)F)c(I)c2)C(=O)N1CCO. The second-order valence-corrected chi connectivity index (χ2v) is 5.56. The summed E-state index contributed by atoms with van der Waals surface area (Å²) in [5, 5.41) is 11.4. The molecule has 1 aromatic rings. The number of aliphatic hydroxyl groups excluding tert-OH is 1. The minimum absolute atomic E-state index is 0.0281. The van der Waals surface area contributed by atoms with Gasteiger partial charge in [-0.3, -0.25) is 14.5 Å². The van der Waals surface area contributed by atoms with Crippen molar-refractivity contribution in [2.45, 2.75) is 6.18 Å². The van der Waals surface area contributed by atoms with Crippen LogP contribution in [0.1, 0.15) is 5.56 Å². The first kappa shape index (κ1) is 16.7. The lowest BCUT2D eigenvalue weighted by Crippen LogP contribution is -2.34. The first-order chi connectivity index (χ1) is 10.2. The number of carbonyl (C=O) groups excluding carboxylic acids is 2. The van der Waals surface area contributed by atoms with Crippen LogP contribution in [0.15, 0.2) is 30.0 Å². The largest absolute Gasteiger partial charge is 0.417 e. The monoisotopic (exact) mass is 426 g/mol. The Labute approximate surface area is 136 Å². The first-order valence-electron chi connectivity index (χ1n) is 6.06. The smallest absolute Gasteiger partial charge is 0.395 e. The summed E-state index contributed by atoms with van der Waals surface area (Å²) in [5.74, 6) is -1.21. The maximum absolute atomic E-state index is 12.7. The number of hydrogen-bond donors (Lipinski definition) is 2. The highest BCUT2D eigenvalue weighted by Crippen LogP contribution is 2.34. The number of amides is 2. The molecule has 118 valence electrons. The lowest BCUT2D eigenvalue weighted by atomic mass is 10.2. The van der Waals surface area contributed by atoms with Gasteiger partial charge in [-0.25, -0.2) is 0 Å². The average Bonchev–Trinajstić information content (AvgIpc) is 2.65. The molecule has 0 unspecified atom stereocenters. The molecule has 0 saturated heterocycles. The average molecular weight is 426 g/mol. The number of benzene rings is 1. The van der Waals surface area contributed by atoms with Crippen LogP contribution >= 0.6 is 22.6 Å². The van der Waals surface area contributed by atoms with Crippen LogP contribution in [-0.4, -0.2) is 35.0 Å². The summed E-state index contributed by atoms with van der Waals surface area (Å²) in [6, 6.07) is 3.31. The Morgan fingerprint density at radius 2 is 1.95 bits per heavy atom. The van der Waals surface area contributed by atoms with Crippen molar-refractivity contribution < 1.29 is 27.9 Å². The minimum Gasteiger partial charge on any atom is -0.395 e. The van der Waals surface area contributed by atoms with E-state index in [2.05, 4.69) is 5.32 Å². The fourth-order valence-corrected chi connectivity index (χ4v) is 2.71. The van der Waals surface area contributed by atoms with Gasteiger partial charge in [0, 0.05) is 15.3 Å². The normalized spacial score (nSPS) is 15.3. The fourth-order valence-electron chi connectivity index (χ4n) is 1.89. The number of carbonyl (C=O) groups is 2. The van der Waals surface area contributed by atoms with E-state index in [4.69, 9.17) is 5.11 Å². The van der Waals surface area contributed by atoms with E-state index in [0.29, 0.717) is 0 Å². The molecule has 1 aromatic carbocycles. The molecule has 1 aliphatic heterocycles. The summed E-state index contributed by atoms with van der Waals surface area (Å²) in [6.45, 7) is -0.499. The molecule has 9 heteroatoms. The number of alkyl halides is 3. The quantitative estimate of drug-likeness (QED) is 0.571. The molecular formula is C13H10F3IN2O3. The molecule has 2 N–H and O–H groups in total. The molecule has 1 heterocycles. The highest BCUT2D eigenvalue weighted by atomic mass is 127. The van der Waals surface area contributed by atoms with Crippen molar-refractivity contribution in [1.29, 1.82) is 0 Å². The molecule has 0 saturated carbocycles. The molecule has 22 heavy (non-hydrogen) atoms. The lowest BCUT2D eigenvalue weighted by Gasteiger charge is -2.14. The van der Waals surface area contributed by atoms with Crippen LogP contribution in [0.4, 0.5) is 18.9 Å².